The molecule has 5 heteroatoms. The van der Waals surface area contributed by atoms with Gasteiger partial charge in [0.25, 0.3) is 5.91 Å². The number of hydrogen-bond donors (Lipinski definition) is 2. The van der Waals surface area contributed by atoms with Crippen molar-refractivity contribution in [3.8, 4) is 0 Å². The summed E-state index contributed by atoms with van der Waals surface area (Å²) in [5, 5.41) is 3.86. The highest BCUT2D eigenvalue weighted by atomic mass is 16.2. The molecule has 1 aromatic heterocycles. The summed E-state index contributed by atoms with van der Waals surface area (Å²) < 4.78 is 0. The molecule has 0 spiro atoms. The van der Waals surface area contributed by atoms with Gasteiger partial charge in [-0.25, -0.2) is 0 Å². The first kappa shape index (κ1) is 15.6. The summed E-state index contributed by atoms with van der Waals surface area (Å²) >= 11 is 0. The maximum atomic E-state index is 12.9. The lowest BCUT2D eigenvalue weighted by Crippen LogP contribution is -2.35. The number of rotatable bonds is 1. The quantitative estimate of drug-likeness (QED) is 0.850. The number of amides is 2. The number of carbonyl (C=O) groups excluding carboxylic acids is 2. The molecule has 0 bridgehead atoms. The topological polar surface area (TPSA) is 65.2 Å². The van der Waals surface area contributed by atoms with Gasteiger partial charge in [-0.2, -0.15) is 0 Å². The molecule has 1 aliphatic heterocycles. The van der Waals surface area contributed by atoms with Gasteiger partial charge in [-0.05, 0) is 31.0 Å². The fourth-order valence-corrected chi connectivity index (χ4v) is 3.09. The van der Waals surface area contributed by atoms with Gasteiger partial charge in [-0.1, -0.05) is 18.9 Å². The highest BCUT2D eigenvalue weighted by molar-refractivity contribution is 6.06. The fraction of sp³-hybridized carbons (Fsp3) is 0.444. The molecule has 0 radical (unpaired) electrons. The van der Waals surface area contributed by atoms with Crippen molar-refractivity contribution >= 4 is 22.7 Å². The first-order valence-electron chi connectivity index (χ1n) is 8.38. The van der Waals surface area contributed by atoms with E-state index in [2.05, 4.69) is 10.3 Å². The van der Waals surface area contributed by atoms with Crippen molar-refractivity contribution in [3.05, 3.63) is 36.0 Å². The fourth-order valence-electron chi connectivity index (χ4n) is 3.09. The summed E-state index contributed by atoms with van der Waals surface area (Å²) in [5.74, 6) is 0.0480. The standard InChI is InChI=1S/C18H23N3O2/c22-17-9-13-21(12-4-2-1-3-10-20-17)18(23)15-6-5-7-16-14(15)8-11-19-16/h5-8,11,19H,1-4,9-10,12-13H2,(H,20,22). The largest absolute Gasteiger partial charge is 0.361 e. The molecule has 2 amide bonds. The van der Waals surface area contributed by atoms with Gasteiger partial charge >= 0.3 is 0 Å². The maximum Gasteiger partial charge on any atom is 0.254 e. The minimum absolute atomic E-state index is 0.0160. The van der Waals surface area contributed by atoms with E-state index in [9.17, 15) is 9.59 Å². The van der Waals surface area contributed by atoms with Crippen molar-refractivity contribution in [1.82, 2.24) is 15.2 Å². The summed E-state index contributed by atoms with van der Waals surface area (Å²) in [6.07, 6.45) is 6.41. The molecule has 0 saturated carbocycles. The van der Waals surface area contributed by atoms with Gasteiger partial charge in [0.2, 0.25) is 5.91 Å². The predicted molar refractivity (Wildman–Crippen MR) is 90.3 cm³/mol. The minimum atomic E-state index is 0.0160. The molecule has 0 aliphatic carbocycles. The van der Waals surface area contributed by atoms with Gasteiger partial charge in [-0.15, -0.1) is 0 Å². The first-order chi connectivity index (χ1) is 11.3. The van der Waals surface area contributed by atoms with Crippen molar-refractivity contribution in [2.24, 2.45) is 0 Å². The van der Waals surface area contributed by atoms with Gasteiger partial charge in [0.15, 0.2) is 0 Å². The molecule has 1 aromatic carbocycles. The van der Waals surface area contributed by atoms with Crippen LogP contribution < -0.4 is 5.32 Å². The number of nitrogens with zero attached hydrogens (tertiary/aromatic N) is 1. The zero-order valence-corrected chi connectivity index (χ0v) is 13.3. The van der Waals surface area contributed by atoms with Gasteiger partial charge < -0.3 is 15.2 Å². The number of aromatic amines is 1. The third kappa shape index (κ3) is 3.73. The van der Waals surface area contributed by atoms with Crippen molar-refractivity contribution in [2.75, 3.05) is 19.6 Å². The summed E-state index contributed by atoms with van der Waals surface area (Å²) in [4.78, 5) is 29.7. The van der Waals surface area contributed by atoms with E-state index in [0.29, 0.717) is 25.1 Å². The summed E-state index contributed by atoms with van der Waals surface area (Å²) in [5.41, 5.74) is 1.67. The second kappa shape index (κ2) is 7.31. The first-order valence-corrected chi connectivity index (χ1v) is 8.38. The molecule has 0 atom stereocenters. The third-order valence-electron chi connectivity index (χ3n) is 4.40. The van der Waals surface area contributed by atoms with Crippen LogP contribution in [0.3, 0.4) is 0 Å². The average Bonchev–Trinajstić information content (AvgIpc) is 3.02. The lowest BCUT2D eigenvalue weighted by molar-refractivity contribution is -0.121. The van der Waals surface area contributed by atoms with E-state index in [1.54, 1.807) is 0 Å². The van der Waals surface area contributed by atoms with E-state index in [-0.39, 0.29) is 11.8 Å². The van der Waals surface area contributed by atoms with Crippen LogP contribution in [0.1, 0.15) is 42.5 Å². The van der Waals surface area contributed by atoms with Crippen molar-refractivity contribution in [1.29, 1.82) is 0 Å². The molecule has 5 nitrogen and oxygen atoms in total. The molecule has 23 heavy (non-hydrogen) atoms. The van der Waals surface area contributed by atoms with E-state index in [1.807, 2.05) is 35.4 Å². The van der Waals surface area contributed by atoms with Crippen LogP contribution in [0.15, 0.2) is 30.5 Å². The monoisotopic (exact) mass is 313 g/mol. The molecule has 3 rings (SSSR count). The Bertz CT molecular complexity index is 692. The summed E-state index contributed by atoms with van der Waals surface area (Å²) in [6.45, 7) is 1.94. The van der Waals surface area contributed by atoms with Gasteiger partial charge in [0.1, 0.15) is 0 Å². The van der Waals surface area contributed by atoms with Gasteiger partial charge in [-0.3, -0.25) is 9.59 Å². The molecule has 122 valence electrons. The Morgan fingerprint density at radius 2 is 1.91 bits per heavy atom. The number of hydrogen-bond acceptors (Lipinski definition) is 2. The number of nitrogens with one attached hydrogen (secondary N) is 2. The number of H-pyrrole nitrogens is 1. The highest BCUT2D eigenvalue weighted by Crippen LogP contribution is 2.19. The molecule has 1 aliphatic rings. The van der Waals surface area contributed by atoms with Crippen LogP contribution in [0.4, 0.5) is 0 Å². The van der Waals surface area contributed by atoms with Crippen LogP contribution in [0, 0.1) is 0 Å². The van der Waals surface area contributed by atoms with E-state index in [4.69, 9.17) is 0 Å². The van der Waals surface area contributed by atoms with Crippen LogP contribution in [-0.4, -0.2) is 41.3 Å². The Morgan fingerprint density at radius 1 is 1.04 bits per heavy atom. The summed E-state index contributed by atoms with van der Waals surface area (Å²) in [6, 6.07) is 7.66. The highest BCUT2D eigenvalue weighted by Gasteiger charge is 2.19. The Labute approximate surface area is 136 Å². The number of fused-ring (bicyclic) bond motifs is 1. The molecule has 2 N–H and O–H groups in total. The molecule has 2 heterocycles. The molecule has 1 fully saturated rings. The maximum absolute atomic E-state index is 12.9. The van der Waals surface area contributed by atoms with Crippen LogP contribution in [0.5, 0.6) is 0 Å². The lowest BCUT2D eigenvalue weighted by Gasteiger charge is -2.22. The van der Waals surface area contributed by atoms with Gasteiger partial charge in [0.05, 0.1) is 0 Å². The molecule has 0 unspecified atom stereocenters. The summed E-state index contributed by atoms with van der Waals surface area (Å²) in [7, 11) is 0. The molecule has 1 saturated heterocycles. The predicted octanol–water partition coefficient (Wildman–Crippen LogP) is 2.69. The zero-order chi connectivity index (χ0) is 16.1. The van der Waals surface area contributed by atoms with Crippen LogP contribution in [0.2, 0.25) is 0 Å². The molecular weight excluding hydrogens is 290 g/mol. The van der Waals surface area contributed by atoms with Crippen molar-refractivity contribution in [3.63, 3.8) is 0 Å². The van der Waals surface area contributed by atoms with E-state index < -0.39 is 0 Å². The number of carbonyl (C=O) groups is 2. The van der Waals surface area contributed by atoms with E-state index >= 15 is 0 Å². The number of aromatic nitrogens is 1. The zero-order valence-electron chi connectivity index (χ0n) is 13.3. The van der Waals surface area contributed by atoms with Gasteiger partial charge in [0, 0.05) is 48.7 Å². The Balaban J connectivity index is 1.80. The Kier molecular flexibility index (Phi) is 4.95. The van der Waals surface area contributed by atoms with Crippen LogP contribution in [0.25, 0.3) is 10.9 Å². The number of benzene rings is 1. The normalized spacial score (nSPS) is 17.6. The molecule has 2 aromatic rings. The second-order valence-corrected chi connectivity index (χ2v) is 6.05. The second-order valence-electron chi connectivity index (χ2n) is 6.05. The SMILES string of the molecule is O=C1CCN(C(=O)c2cccc3[nH]ccc23)CCCCCCN1. The molecular formula is C18H23N3O2. The lowest BCUT2D eigenvalue weighted by atomic mass is 10.1. The van der Waals surface area contributed by atoms with E-state index in [1.165, 1.54) is 0 Å². The van der Waals surface area contributed by atoms with Crippen LogP contribution in [-0.2, 0) is 4.79 Å². The van der Waals surface area contributed by atoms with Crippen molar-refractivity contribution in [2.45, 2.75) is 32.1 Å². The Hall–Kier alpha value is -2.30. The smallest absolute Gasteiger partial charge is 0.254 e. The van der Waals surface area contributed by atoms with E-state index in [0.717, 1.165) is 43.1 Å². The average molecular weight is 313 g/mol. The van der Waals surface area contributed by atoms with Crippen molar-refractivity contribution < 1.29 is 9.59 Å². The minimum Gasteiger partial charge on any atom is -0.361 e. The third-order valence-corrected chi connectivity index (χ3v) is 4.40. The Morgan fingerprint density at radius 3 is 2.83 bits per heavy atom. The van der Waals surface area contributed by atoms with Crippen LogP contribution >= 0.6 is 0 Å².